The van der Waals surface area contributed by atoms with Crippen molar-refractivity contribution in [3.8, 4) is 0 Å². The molecule has 1 aromatic carbocycles. The number of fused-ring (bicyclic) bond motifs is 1. The van der Waals surface area contributed by atoms with Crippen molar-refractivity contribution in [2.24, 2.45) is 0 Å². The molecule has 0 saturated carbocycles. The summed E-state index contributed by atoms with van der Waals surface area (Å²) >= 11 is 0. The summed E-state index contributed by atoms with van der Waals surface area (Å²) in [5.41, 5.74) is -0.340. The first-order valence-corrected chi connectivity index (χ1v) is 7.64. The number of carbonyl (C=O) groups is 2. The van der Waals surface area contributed by atoms with Gasteiger partial charge in [-0.2, -0.15) is 0 Å². The van der Waals surface area contributed by atoms with Gasteiger partial charge in [0.25, 0.3) is 11.7 Å². The Labute approximate surface area is 114 Å². The van der Waals surface area contributed by atoms with Crippen LogP contribution in [0.25, 0.3) is 0 Å². The zero-order valence-electron chi connectivity index (χ0n) is 10.5. The van der Waals surface area contributed by atoms with Crippen molar-refractivity contribution in [1.82, 2.24) is 0 Å². The number of amides is 1. The summed E-state index contributed by atoms with van der Waals surface area (Å²) in [5.74, 6) is -4.82. The maximum Gasteiger partial charge on any atom is 0.299 e. The highest BCUT2D eigenvalue weighted by molar-refractivity contribution is 7.91. The number of ketones is 1. The van der Waals surface area contributed by atoms with Crippen molar-refractivity contribution >= 4 is 27.2 Å². The number of benzene rings is 1. The van der Waals surface area contributed by atoms with Gasteiger partial charge in [0, 0.05) is 18.4 Å². The van der Waals surface area contributed by atoms with Gasteiger partial charge >= 0.3 is 0 Å². The molecule has 0 spiro atoms. The monoisotopic (exact) mass is 303 g/mol. The summed E-state index contributed by atoms with van der Waals surface area (Å²) in [7, 11) is -3.34. The number of carbonyl (C=O) groups excluding carboxylic acids is 2. The number of halogens is 2. The molecule has 0 bridgehead atoms. The molecule has 1 heterocycles. The second-order valence-electron chi connectivity index (χ2n) is 4.31. The van der Waals surface area contributed by atoms with Crippen LogP contribution < -0.4 is 4.90 Å². The highest BCUT2D eigenvalue weighted by Crippen LogP contribution is 2.30. The van der Waals surface area contributed by atoms with Crippen LogP contribution in [-0.2, 0) is 14.6 Å². The van der Waals surface area contributed by atoms with Crippen molar-refractivity contribution in [2.45, 2.75) is 6.92 Å². The van der Waals surface area contributed by atoms with Gasteiger partial charge in [0.15, 0.2) is 21.5 Å². The van der Waals surface area contributed by atoms with Crippen molar-refractivity contribution in [3.05, 3.63) is 29.3 Å². The van der Waals surface area contributed by atoms with Crippen molar-refractivity contribution in [1.29, 1.82) is 0 Å². The van der Waals surface area contributed by atoms with Crippen LogP contribution in [0.2, 0.25) is 0 Å². The number of anilines is 1. The predicted octanol–water partition coefficient (Wildman–Crippen LogP) is 0.929. The molecule has 2 rings (SSSR count). The zero-order valence-corrected chi connectivity index (χ0v) is 11.3. The molecule has 0 aliphatic carbocycles. The standard InChI is InChI=1S/C12H11F2NO4S/c1-2-20(18,19)4-3-15-10-6-9(14)8(13)5-7(10)11(16)12(15)17/h5-6H,2-4H2,1H3. The van der Waals surface area contributed by atoms with Crippen LogP contribution in [0.5, 0.6) is 0 Å². The molecule has 0 atom stereocenters. The van der Waals surface area contributed by atoms with Crippen LogP contribution in [0, 0.1) is 11.6 Å². The van der Waals surface area contributed by atoms with Crippen molar-refractivity contribution < 1.29 is 26.8 Å². The Morgan fingerprint density at radius 1 is 1.15 bits per heavy atom. The molecule has 1 aliphatic rings. The third-order valence-corrected chi connectivity index (χ3v) is 4.76. The van der Waals surface area contributed by atoms with E-state index in [0.717, 1.165) is 11.0 Å². The van der Waals surface area contributed by atoms with Gasteiger partial charge in [-0.15, -0.1) is 0 Å². The van der Waals surface area contributed by atoms with Gasteiger partial charge in [-0.25, -0.2) is 17.2 Å². The fraction of sp³-hybridized carbons (Fsp3) is 0.333. The van der Waals surface area contributed by atoms with Crippen LogP contribution in [0.3, 0.4) is 0 Å². The molecule has 5 nitrogen and oxygen atoms in total. The molecule has 0 N–H and O–H groups in total. The Morgan fingerprint density at radius 3 is 2.35 bits per heavy atom. The maximum absolute atomic E-state index is 13.2. The van der Waals surface area contributed by atoms with Gasteiger partial charge in [-0.3, -0.25) is 9.59 Å². The molecule has 1 aliphatic heterocycles. The van der Waals surface area contributed by atoms with Gasteiger partial charge in [0.2, 0.25) is 0 Å². The molecule has 8 heteroatoms. The molecule has 20 heavy (non-hydrogen) atoms. The minimum atomic E-state index is -3.34. The number of nitrogens with zero attached hydrogens (tertiary/aromatic N) is 1. The summed E-state index contributed by atoms with van der Waals surface area (Å²) in [6.45, 7) is 1.19. The van der Waals surface area contributed by atoms with Gasteiger partial charge in [0.05, 0.1) is 17.0 Å². The van der Waals surface area contributed by atoms with E-state index in [1.165, 1.54) is 6.92 Å². The van der Waals surface area contributed by atoms with E-state index in [0.29, 0.717) is 6.07 Å². The number of hydrogen-bond donors (Lipinski definition) is 0. The average molecular weight is 303 g/mol. The molecule has 0 unspecified atom stereocenters. The molecule has 0 radical (unpaired) electrons. The van der Waals surface area contributed by atoms with E-state index < -0.39 is 33.2 Å². The molecular weight excluding hydrogens is 292 g/mol. The summed E-state index contributed by atoms with van der Waals surface area (Å²) in [4.78, 5) is 24.2. The predicted molar refractivity (Wildman–Crippen MR) is 67.4 cm³/mol. The van der Waals surface area contributed by atoms with Crippen molar-refractivity contribution in [2.75, 3.05) is 23.0 Å². The van der Waals surface area contributed by atoms with Gasteiger partial charge in [-0.05, 0) is 6.07 Å². The fourth-order valence-corrected chi connectivity index (χ4v) is 2.63. The summed E-state index contributed by atoms with van der Waals surface area (Å²) < 4.78 is 49.1. The van der Waals surface area contributed by atoms with Crippen LogP contribution in [-0.4, -0.2) is 38.2 Å². The highest BCUT2D eigenvalue weighted by atomic mass is 32.2. The number of rotatable bonds is 4. The Balaban J connectivity index is 2.36. The van der Waals surface area contributed by atoms with Crippen LogP contribution >= 0.6 is 0 Å². The number of sulfone groups is 1. The van der Waals surface area contributed by atoms with E-state index in [9.17, 15) is 26.8 Å². The Bertz CT molecular complexity index is 700. The lowest BCUT2D eigenvalue weighted by atomic mass is 10.1. The average Bonchev–Trinajstić information content (AvgIpc) is 2.61. The van der Waals surface area contributed by atoms with Crippen LogP contribution in [0.15, 0.2) is 12.1 Å². The molecule has 1 amide bonds. The first-order chi connectivity index (χ1) is 9.26. The molecule has 0 fully saturated rings. The highest BCUT2D eigenvalue weighted by Gasteiger charge is 2.37. The van der Waals surface area contributed by atoms with Gasteiger partial charge < -0.3 is 4.90 Å². The Morgan fingerprint density at radius 2 is 1.75 bits per heavy atom. The van der Waals surface area contributed by atoms with E-state index in [4.69, 9.17) is 0 Å². The number of Topliss-reactive ketones (excluding diaryl/α,β-unsaturated/α-hetero) is 1. The third kappa shape index (κ3) is 2.43. The zero-order chi connectivity index (χ0) is 15.1. The lowest BCUT2D eigenvalue weighted by Gasteiger charge is -2.16. The van der Waals surface area contributed by atoms with Crippen LogP contribution in [0.4, 0.5) is 14.5 Å². The summed E-state index contributed by atoms with van der Waals surface area (Å²) in [6.07, 6.45) is 0. The van der Waals surface area contributed by atoms with Crippen LogP contribution in [0.1, 0.15) is 17.3 Å². The Hall–Kier alpha value is -1.83. The lowest BCUT2D eigenvalue weighted by molar-refractivity contribution is -0.114. The third-order valence-electron chi connectivity index (χ3n) is 3.08. The first kappa shape index (κ1) is 14.6. The van der Waals surface area contributed by atoms with E-state index in [-0.39, 0.29) is 29.3 Å². The molecule has 0 saturated heterocycles. The fourth-order valence-electron chi connectivity index (χ4n) is 1.89. The topological polar surface area (TPSA) is 71.5 Å². The van der Waals surface area contributed by atoms with E-state index in [1.54, 1.807) is 0 Å². The molecule has 0 aromatic heterocycles. The van der Waals surface area contributed by atoms with Gasteiger partial charge in [-0.1, -0.05) is 6.92 Å². The second-order valence-corrected chi connectivity index (χ2v) is 6.78. The molecular formula is C12H11F2NO4S. The van der Waals surface area contributed by atoms with E-state index >= 15 is 0 Å². The Kier molecular flexibility index (Phi) is 3.59. The maximum atomic E-state index is 13.2. The van der Waals surface area contributed by atoms with Crippen molar-refractivity contribution in [3.63, 3.8) is 0 Å². The minimum Gasteiger partial charge on any atom is -0.304 e. The summed E-state index contributed by atoms with van der Waals surface area (Å²) in [6, 6.07) is 1.38. The second kappa shape index (κ2) is 4.93. The normalized spacial score (nSPS) is 14.8. The first-order valence-electron chi connectivity index (χ1n) is 5.82. The largest absolute Gasteiger partial charge is 0.304 e. The molecule has 1 aromatic rings. The SMILES string of the molecule is CCS(=O)(=O)CCN1C(=O)C(=O)c2cc(F)c(F)cc21. The van der Waals surface area contributed by atoms with E-state index in [1.807, 2.05) is 0 Å². The van der Waals surface area contributed by atoms with Gasteiger partial charge in [0.1, 0.15) is 0 Å². The summed E-state index contributed by atoms with van der Waals surface area (Å²) in [5, 5.41) is 0. The lowest BCUT2D eigenvalue weighted by Crippen LogP contribution is -2.34. The smallest absolute Gasteiger partial charge is 0.299 e. The van der Waals surface area contributed by atoms with E-state index in [2.05, 4.69) is 0 Å². The molecule has 108 valence electrons. The minimum absolute atomic E-state index is 0.0924. The quantitative estimate of drug-likeness (QED) is 0.776. The number of hydrogen-bond acceptors (Lipinski definition) is 4.